The molecule has 2 rings (SSSR count). The van der Waals surface area contributed by atoms with Crippen LogP contribution in [0.4, 0.5) is 8.78 Å². The summed E-state index contributed by atoms with van der Waals surface area (Å²) in [5.74, 6) is -0.694. The van der Waals surface area contributed by atoms with E-state index in [0.29, 0.717) is 24.2 Å². The van der Waals surface area contributed by atoms with E-state index >= 15 is 0 Å². The van der Waals surface area contributed by atoms with Gasteiger partial charge in [0.2, 0.25) is 0 Å². The van der Waals surface area contributed by atoms with Gasteiger partial charge in [0, 0.05) is 5.56 Å². The summed E-state index contributed by atoms with van der Waals surface area (Å²) in [4.78, 5) is 0. The number of halogens is 2. The predicted molar refractivity (Wildman–Crippen MR) is 54.7 cm³/mol. The molecule has 1 aliphatic rings. The quantitative estimate of drug-likeness (QED) is 0.713. The second-order valence-corrected chi connectivity index (χ2v) is 3.29. The topological polar surface area (TPSA) is 21.3 Å². The number of nitrogens with one attached hydrogen (secondary N) is 1. The van der Waals surface area contributed by atoms with Crippen LogP contribution in [-0.4, -0.2) is 20.7 Å². The lowest BCUT2D eigenvalue weighted by Gasteiger charge is -2.17. The fourth-order valence-corrected chi connectivity index (χ4v) is 1.41. The van der Waals surface area contributed by atoms with Crippen LogP contribution in [0, 0.1) is 11.6 Å². The molecule has 15 heavy (non-hydrogen) atoms. The van der Waals surface area contributed by atoms with Gasteiger partial charge in [-0.2, -0.15) is 0 Å². The van der Waals surface area contributed by atoms with Crippen LogP contribution in [0.25, 0.3) is 0 Å². The van der Waals surface area contributed by atoms with E-state index in [9.17, 15) is 8.78 Å². The number of hydrogen-bond donors (Lipinski definition) is 1. The minimum Gasteiger partial charge on any atom is -0.376 e. The molecule has 1 aliphatic heterocycles. The Bertz CT molecular complexity index is 298. The van der Waals surface area contributed by atoms with Gasteiger partial charge >= 0.3 is 0 Å². The van der Waals surface area contributed by atoms with E-state index in [1.807, 2.05) is 14.1 Å². The molecule has 0 atom stereocenters. The van der Waals surface area contributed by atoms with Crippen molar-refractivity contribution in [3.63, 3.8) is 0 Å². The van der Waals surface area contributed by atoms with Crippen molar-refractivity contribution >= 4 is 0 Å². The smallest absolute Gasteiger partial charge is 0.129 e. The molecule has 84 valence electrons. The molecule has 0 radical (unpaired) electrons. The number of ether oxygens (including phenoxy) is 1. The Morgan fingerprint density at radius 3 is 2.20 bits per heavy atom. The number of rotatable bonds is 0. The van der Waals surface area contributed by atoms with Crippen molar-refractivity contribution in [3.8, 4) is 0 Å². The average Bonchev–Trinajstić information content (AvgIpc) is 2.25. The summed E-state index contributed by atoms with van der Waals surface area (Å²) < 4.78 is 31.1. The van der Waals surface area contributed by atoms with Gasteiger partial charge in [0.25, 0.3) is 0 Å². The van der Waals surface area contributed by atoms with Crippen LogP contribution in [0.2, 0.25) is 0 Å². The Hall–Kier alpha value is -1.00. The summed E-state index contributed by atoms with van der Waals surface area (Å²) in [6.45, 7) is 0.673. The standard InChI is InChI=1S/C9H8F2O.C2H7N/c10-8-1-2-9(11)7-5-12-4-3-6(7)8;1-3-2/h1-2H,3-5H2;3H,1-2H3. The van der Waals surface area contributed by atoms with Gasteiger partial charge in [-0.3, -0.25) is 0 Å². The Kier molecular flexibility index (Phi) is 4.65. The monoisotopic (exact) mass is 215 g/mol. The highest BCUT2D eigenvalue weighted by molar-refractivity contribution is 5.30. The fraction of sp³-hybridized carbons (Fsp3) is 0.455. The molecule has 2 nitrogen and oxygen atoms in total. The second kappa shape index (κ2) is 5.78. The third kappa shape index (κ3) is 2.97. The predicted octanol–water partition coefficient (Wildman–Crippen LogP) is 1.87. The third-order valence-electron chi connectivity index (χ3n) is 2.06. The van der Waals surface area contributed by atoms with Gasteiger partial charge in [0.15, 0.2) is 0 Å². The van der Waals surface area contributed by atoms with Crippen LogP contribution in [0.3, 0.4) is 0 Å². The fourth-order valence-electron chi connectivity index (χ4n) is 1.41. The van der Waals surface area contributed by atoms with Gasteiger partial charge in [-0.1, -0.05) is 0 Å². The number of benzene rings is 1. The van der Waals surface area contributed by atoms with E-state index in [4.69, 9.17) is 4.74 Å². The van der Waals surface area contributed by atoms with E-state index in [-0.39, 0.29) is 18.2 Å². The maximum Gasteiger partial charge on any atom is 0.129 e. The largest absolute Gasteiger partial charge is 0.376 e. The van der Waals surface area contributed by atoms with Crippen LogP contribution in [0.15, 0.2) is 12.1 Å². The summed E-state index contributed by atoms with van der Waals surface area (Å²) in [5.41, 5.74) is 0.850. The Morgan fingerprint density at radius 2 is 1.67 bits per heavy atom. The van der Waals surface area contributed by atoms with Gasteiger partial charge in [0.05, 0.1) is 13.2 Å². The van der Waals surface area contributed by atoms with Crippen LogP contribution < -0.4 is 5.32 Å². The molecule has 1 heterocycles. The van der Waals surface area contributed by atoms with Gasteiger partial charge in [-0.15, -0.1) is 0 Å². The summed E-state index contributed by atoms with van der Waals surface area (Å²) >= 11 is 0. The van der Waals surface area contributed by atoms with Gasteiger partial charge in [-0.05, 0) is 38.2 Å². The van der Waals surface area contributed by atoms with Crippen molar-refractivity contribution in [2.45, 2.75) is 13.0 Å². The van der Waals surface area contributed by atoms with E-state index in [1.165, 1.54) is 6.07 Å². The zero-order valence-corrected chi connectivity index (χ0v) is 8.94. The van der Waals surface area contributed by atoms with Crippen LogP contribution in [0.5, 0.6) is 0 Å². The highest BCUT2D eigenvalue weighted by Crippen LogP contribution is 2.22. The first-order valence-electron chi connectivity index (χ1n) is 4.82. The molecule has 0 aliphatic carbocycles. The maximum absolute atomic E-state index is 13.0. The zero-order chi connectivity index (χ0) is 11.3. The van der Waals surface area contributed by atoms with Crippen LogP contribution >= 0.6 is 0 Å². The van der Waals surface area contributed by atoms with Gasteiger partial charge in [-0.25, -0.2) is 8.78 Å². The lowest BCUT2D eigenvalue weighted by Crippen LogP contribution is -2.13. The Balaban J connectivity index is 0.000000337. The average molecular weight is 215 g/mol. The molecule has 1 aromatic carbocycles. The Labute approximate surface area is 88.3 Å². The molecule has 0 amide bonds. The van der Waals surface area contributed by atoms with Crippen molar-refractivity contribution in [3.05, 3.63) is 34.9 Å². The lowest BCUT2D eigenvalue weighted by atomic mass is 10.0. The van der Waals surface area contributed by atoms with Crippen molar-refractivity contribution in [1.82, 2.24) is 5.32 Å². The normalized spacial score (nSPS) is 13.9. The molecule has 0 unspecified atom stereocenters. The molecule has 1 N–H and O–H groups in total. The molecular weight excluding hydrogens is 200 g/mol. The molecule has 0 saturated heterocycles. The van der Waals surface area contributed by atoms with E-state index in [0.717, 1.165) is 6.07 Å². The third-order valence-corrected chi connectivity index (χ3v) is 2.06. The molecular formula is C11H15F2NO. The first-order valence-corrected chi connectivity index (χ1v) is 4.82. The van der Waals surface area contributed by atoms with E-state index in [1.54, 1.807) is 0 Å². The highest BCUT2D eigenvalue weighted by atomic mass is 19.1. The molecule has 1 aromatic rings. The van der Waals surface area contributed by atoms with Crippen LogP contribution in [-0.2, 0) is 17.8 Å². The number of fused-ring (bicyclic) bond motifs is 1. The molecule has 0 aromatic heterocycles. The lowest BCUT2D eigenvalue weighted by molar-refractivity contribution is 0.106. The minimum atomic E-state index is -0.369. The first kappa shape index (κ1) is 12.1. The molecule has 0 fully saturated rings. The minimum absolute atomic E-state index is 0.193. The van der Waals surface area contributed by atoms with Crippen molar-refractivity contribution in [2.24, 2.45) is 0 Å². The highest BCUT2D eigenvalue weighted by Gasteiger charge is 2.17. The van der Waals surface area contributed by atoms with Gasteiger partial charge in [0.1, 0.15) is 11.6 Å². The molecule has 0 spiro atoms. The zero-order valence-electron chi connectivity index (χ0n) is 8.94. The van der Waals surface area contributed by atoms with Crippen LogP contribution in [0.1, 0.15) is 11.1 Å². The van der Waals surface area contributed by atoms with Gasteiger partial charge < -0.3 is 10.1 Å². The SMILES string of the molecule is CNC.Fc1ccc(F)c2c1CCOC2. The molecule has 0 saturated carbocycles. The number of hydrogen-bond acceptors (Lipinski definition) is 2. The molecule has 0 bridgehead atoms. The Morgan fingerprint density at radius 1 is 1.13 bits per heavy atom. The van der Waals surface area contributed by atoms with E-state index < -0.39 is 0 Å². The van der Waals surface area contributed by atoms with Crippen molar-refractivity contribution in [1.29, 1.82) is 0 Å². The maximum atomic E-state index is 13.0. The summed E-state index contributed by atoms with van der Waals surface area (Å²) in [6.07, 6.45) is 0.471. The first-order chi connectivity index (χ1) is 7.20. The van der Waals surface area contributed by atoms with Crippen molar-refractivity contribution < 1.29 is 13.5 Å². The second-order valence-electron chi connectivity index (χ2n) is 3.29. The van der Waals surface area contributed by atoms with Crippen molar-refractivity contribution in [2.75, 3.05) is 20.7 Å². The summed E-state index contributed by atoms with van der Waals surface area (Å²) in [6, 6.07) is 2.31. The summed E-state index contributed by atoms with van der Waals surface area (Å²) in [7, 11) is 3.75. The molecule has 4 heteroatoms. The van der Waals surface area contributed by atoms with E-state index in [2.05, 4.69) is 5.32 Å². The summed E-state index contributed by atoms with van der Waals surface area (Å²) in [5, 5.41) is 2.75.